The molecule has 2 aromatic heterocycles. The Morgan fingerprint density at radius 1 is 1.35 bits per heavy atom. The van der Waals surface area contributed by atoms with Crippen LogP contribution in [-0.2, 0) is 11.3 Å². The number of aryl methyl sites for hydroxylation is 1. The van der Waals surface area contributed by atoms with E-state index in [1.165, 1.54) is 0 Å². The van der Waals surface area contributed by atoms with E-state index in [9.17, 15) is 4.79 Å². The number of benzene rings is 1. The third-order valence-electron chi connectivity index (χ3n) is 4.76. The number of nitrogens with zero attached hydrogens (tertiary/aromatic N) is 2. The molecule has 5 heteroatoms. The number of carbonyl (C=O) groups excluding carboxylic acids is 1. The van der Waals surface area contributed by atoms with Crippen LogP contribution in [0.5, 0.6) is 0 Å². The molecular formula is C21H22N2O3. The monoisotopic (exact) mass is 350 g/mol. The maximum atomic E-state index is 12.9. The molecule has 3 aromatic rings. The first-order valence-electron chi connectivity index (χ1n) is 8.99. The molecule has 1 atom stereocenters. The summed E-state index contributed by atoms with van der Waals surface area (Å²) in [7, 11) is 0. The Kier molecular flexibility index (Phi) is 4.71. The molecule has 0 radical (unpaired) electrons. The van der Waals surface area contributed by atoms with Crippen LogP contribution in [0.2, 0.25) is 0 Å². The number of furan rings is 1. The van der Waals surface area contributed by atoms with Crippen molar-refractivity contribution in [2.45, 2.75) is 32.5 Å². The van der Waals surface area contributed by atoms with Crippen molar-refractivity contribution >= 4 is 16.9 Å². The summed E-state index contributed by atoms with van der Waals surface area (Å²) >= 11 is 0. The fourth-order valence-corrected chi connectivity index (χ4v) is 3.45. The summed E-state index contributed by atoms with van der Waals surface area (Å²) in [5.41, 5.74) is 2.57. The minimum absolute atomic E-state index is 0.0560. The van der Waals surface area contributed by atoms with Crippen LogP contribution in [0.15, 0.2) is 53.2 Å². The van der Waals surface area contributed by atoms with Gasteiger partial charge in [-0.2, -0.15) is 0 Å². The molecule has 1 unspecified atom stereocenters. The molecule has 0 aliphatic carbocycles. The minimum Gasteiger partial charge on any atom is -0.461 e. The zero-order valence-electron chi connectivity index (χ0n) is 14.9. The van der Waals surface area contributed by atoms with Crippen LogP contribution in [0, 0.1) is 6.92 Å². The van der Waals surface area contributed by atoms with Gasteiger partial charge in [-0.25, -0.2) is 0 Å². The van der Waals surface area contributed by atoms with Crippen molar-refractivity contribution < 1.29 is 13.9 Å². The molecule has 1 amide bonds. The van der Waals surface area contributed by atoms with Gasteiger partial charge in [0, 0.05) is 36.4 Å². The summed E-state index contributed by atoms with van der Waals surface area (Å²) in [6.07, 6.45) is 5.56. The standard InChI is InChI=1S/C21H22N2O3/c1-15-10-18-11-17(6-7-20(18)26-15)21(24)23-9-3-5-19(13-23)25-14-16-4-2-8-22-12-16/h2,4,6-8,10-12,19H,3,5,9,13-14H2,1H3. The Morgan fingerprint density at radius 2 is 2.27 bits per heavy atom. The first kappa shape index (κ1) is 16.8. The van der Waals surface area contributed by atoms with Gasteiger partial charge in [-0.05, 0) is 55.7 Å². The van der Waals surface area contributed by atoms with E-state index in [-0.39, 0.29) is 12.0 Å². The number of aromatic nitrogens is 1. The van der Waals surface area contributed by atoms with Crippen molar-refractivity contribution in [2.75, 3.05) is 13.1 Å². The largest absolute Gasteiger partial charge is 0.461 e. The van der Waals surface area contributed by atoms with E-state index in [2.05, 4.69) is 4.98 Å². The second-order valence-corrected chi connectivity index (χ2v) is 6.80. The van der Waals surface area contributed by atoms with Gasteiger partial charge < -0.3 is 14.1 Å². The molecule has 0 bridgehead atoms. The lowest BCUT2D eigenvalue weighted by Gasteiger charge is -2.32. The van der Waals surface area contributed by atoms with Crippen LogP contribution in [0.1, 0.15) is 34.5 Å². The van der Waals surface area contributed by atoms with E-state index >= 15 is 0 Å². The minimum atomic E-state index is 0.0560. The molecule has 26 heavy (non-hydrogen) atoms. The molecule has 0 spiro atoms. The number of rotatable bonds is 4. The Balaban J connectivity index is 1.41. The third-order valence-corrected chi connectivity index (χ3v) is 4.76. The highest BCUT2D eigenvalue weighted by molar-refractivity contribution is 5.97. The van der Waals surface area contributed by atoms with Crippen LogP contribution >= 0.6 is 0 Å². The van der Waals surface area contributed by atoms with E-state index in [4.69, 9.17) is 9.15 Å². The van der Waals surface area contributed by atoms with E-state index in [0.29, 0.717) is 18.7 Å². The molecule has 1 aliphatic heterocycles. The normalized spacial score (nSPS) is 17.6. The van der Waals surface area contributed by atoms with Crippen LogP contribution in [0.25, 0.3) is 11.0 Å². The van der Waals surface area contributed by atoms with Crippen LogP contribution < -0.4 is 0 Å². The van der Waals surface area contributed by atoms with Gasteiger partial charge in [0.05, 0.1) is 12.7 Å². The molecule has 1 saturated heterocycles. The van der Waals surface area contributed by atoms with Crippen LogP contribution in [0.3, 0.4) is 0 Å². The predicted molar refractivity (Wildman–Crippen MR) is 98.9 cm³/mol. The maximum absolute atomic E-state index is 12.9. The Hall–Kier alpha value is -2.66. The maximum Gasteiger partial charge on any atom is 0.253 e. The van der Waals surface area contributed by atoms with Crippen molar-refractivity contribution in [1.82, 2.24) is 9.88 Å². The van der Waals surface area contributed by atoms with Gasteiger partial charge in [-0.3, -0.25) is 9.78 Å². The fraction of sp³-hybridized carbons (Fsp3) is 0.333. The van der Waals surface area contributed by atoms with E-state index in [1.54, 1.807) is 6.20 Å². The summed E-state index contributed by atoms with van der Waals surface area (Å²) in [5, 5.41) is 0.967. The lowest BCUT2D eigenvalue weighted by atomic mass is 10.1. The zero-order valence-corrected chi connectivity index (χ0v) is 14.9. The van der Waals surface area contributed by atoms with Gasteiger partial charge in [0.2, 0.25) is 0 Å². The number of fused-ring (bicyclic) bond motifs is 1. The summed E-state index contributed by atoms with van der Waals surface area (Å²) in [6, 6.07) is 11.5. The third kappa shape index (κ3) is 3.63. The fourth-order valence-electron chi connectivity index (χ4n) is 3.45. The van der Waals surface area contributed by atoms with Gasteiger partial charge in [0.25, 0.3) is 5.91 Å². The van der Waals surface area contributed by atoms with Gasteiger partial charge in [-0.1, -0.05) is 6.07 Å². The lowest BCUT2D eigenvalue weighted by molar-refractivity contribution is -0.00680. The first-order valence-corrected chi connectivity index (χ1v) is 8.99. The Bertz CT molecular complexity index is 904. The number of pyridine rings is 1. The van der Waals surface area contributed by atoms with Crippen molar-refractivity contribution in [3.63, 3.8) is 0 Å². The number of ether oxygens (including phenoxy) is 1. The van der Waals surface area contributed by atoms with Crippen LogP contribution in [0.4, 0.5) is 0 Å². The smallest absolute Gasteiger partial charge is 0.253 e. The van der Waals surface area contributed by atoms with Gasteiger partial charge in [-0.15, -0.1) is 0 Å². The van der Waals surface area contributed by atoms with Crippen molar-refractivity contribution in [3.8, 4) is 0 Å². The molecule has 0 N–H and O–H groups in total. The van der Waals surface area contributed by atoms with Gasteiger partial charge in [0.15, 0.2) is 0 Å². The quantitative estimate of drug-likeness (QED) is 0.715. The van der Waals surface area contributed by atoms with E-state index < -0.39 is 0 Å². The molecule has 134 valence electrons. The first-order chi connectivity index (χ1) is 12.7. The predicted octanol–water partition coefficient (Wildman–Crippen LogP) is 3.96. The van der Waals surface area contributed by atoms with E-state index in [1.807, 2.05) is 54.4 Å². The zero-order chi connectivity index (χ0) is 17.9. The topological polar surface area (TPSA) is 55.6 Å². The molecule has 3 heterocycles. The summed E-state index contributed by atoms with van der Waals surface area (Å²) in [5.74, 6) is 0.909. The lowest BCUT2D eigenvalue weighted by Crippen LogP contribution is -2.43. The Morgan fingerprint density at radius 3 is 3.12 bits per heavy atom. The molecule has 1 aromatic carbocycles. The average Bonchev–Trinajstić information content (AvgIpc) is 3.06. The van der Waals surface area contributed by atoms with Crippen molar-refractivity contribution in [2.24, 2.45) is 0 Å². The number of likely N-dealkylation sites (tertiary alicyclic amines) is 1. The molecule has 0 saturated carbocycles. The molecule has 1 fully saturated rings. The van der Waals surface area contributed by atoms with Crippen LogP contribution in [-0.4, -0.2) is 35.0 Å². The highest BCUT2D eigenvalue weighted by Gasteiger charge is 2.25. The van der Waals surface area contributed by atoms with Gasteiger partial charge in [0.1, 0.15) is 11.3 Å². The highest BCUT2D eigenvalue weighted by Crippen LogP contribution is 2.22. The average molecular weight is 350 g/mol. The second-order valence-electron chi connectivity index (χ2n) is 6.80. The molecule has 4 rings (SSSR count). The second kappa shape index (κ2) is 7.30. The summed E-state index contributed by atoms with van der Waals surface area (Å²) in [6.45, 7) is 3.84. The van der Waals surface area contributed by atoms with Crippen molar-refractivity contribution in [1.29, 1.82) is 0 Å². The summed E-state index contributed by atoms with van der Waals surface area (Å²) in [4.78, 5) is 18.9. The summed E-state index contributed by atoms with van der Waals surface area (Å²) < 4.78 is 11.6. The number of piperidine rings is 1. The van der Waals surface area contributed by atoms with Crippen molar-refractivity contribution in [3.05, 3.63) is 65.7 Å². The van der Waals surface area contributed by atoms with Gasteiger partial charge >= 0.3 is 0 Å². The number of amides is 1. The number of hydrogen-bond acceptors (Lipinski definition) is 4. The highest BCUT2D eigenvalue weighted by atomic mass is 16.5. The Labute approximate surface area is 152 Å². The van der Waals surface area contributed by atoms with E-state index in [0.717, 1.165) is 41.7 Å². The number of carbonyl (C=O) groups is 1. The molecule has 1 aliphatic rings. The molecule has 5 nitrogen and oxygen atoms in total. The SMILES string of the molecule is Cc1cc2cc(C(=O)N3CCCC(OCc4cccnc4)C3)ccc2o1. The molecular weight excluding hydrogens is 328 g/mol. The number of hydrogen-bond donors (Lipinski definition) is 0.